The zero-order valence-corrected chi connectivity index (χ0v) is 15.6. The van der Waals surface area contributed by atoms with E-state index in [0.717, 1.165) is 37.1 Å². The van der Waals surface area contributed by atoms with Gasteiger partial charge in [-0.15, -0.1) is 0 Å². The van der Waals surface area contributed by atoms with Crippen molar-refractivity contribution in [3.05, 3.63) is 70.4 Å². The molecule has 0 unspecified atom stereocenters. The Hall–Kier alpha value is -2.89. The maximum atomic E-state index is 12.7. The lowest BCUT2D eigenvalue weighted by Crippen LogP contribution is -2.26. The molecule has 3 aromatic rings. The summed E-state index contributed by atoms with van der Waals surface area (Å²) >= 11 is 0. The molecular weight excluding hydrogens is 340 g/mol. The molecule has 0 spiro atoms. The van der Waals surface area contributed by atoms with Crippen molar-refractivity contribution in [1.82, 2.24) is 20.3 Å². The monoisotopic (exact) mass is 364 g/mol. The second-order valence-corrected chi connectivity index (χ2v) is 7.16. The molecule has 0 saturated heterocycles. The summed E-state index contributed by atoms with van der Waals surface area (Å²) in [6.45, 7) is 0.477. The van der Waals surface area contributed by atoms with Gasteiger partial charge < -0.3 is 9.42 Å². The number of hydrogen-bond acceptors (Lipinski definition) is 4. The van der Waals surface area contributed by atoms with Crippen molar-refractivity contribution in [2.24, 2.45) is 0 Å². The Balaban J connectivity index is 1.38. The van der Waals surface area contributed by atoms with E-state index in [1.165, 1.54) is 29.7 Å². The highest BCUT2D eigenvalue weighted by Crippen LogP contribution is 2.23. The number of benzene rings is 1. The Morgan fingerprint density at radius 2 is 2.00 bits per heavy atom. The van der Waals surface area contributed by atoms with Gasteiger partial charge in [-0.05, 0) is 49.7 Å². The maximum Gasteiger partial charge on any atom is 0.292 e. The molecule has 140 valence electrons. The second kappa shape index (κ2) is 7.78. The van der Waals surface area contributed by atoms with Gasteiger partial charge in [0.05, 0.1) is 17.9 Å². The van der Waals surface area contributed by atoms with E-state index in [0.29, 0.717) is 6.54 Å². The number of H-pyrrole nitrogens is 1. The largest absolute Gasteiger partial charge is 0.351 e. The Morgan fingerprint density at radius 1 is 1.19 bits per heavy atom. The molecule has 1 aliphatic rings. The van der Waals surface area contributed by atoms with E-state index in [9.17, 15) is 4.79 Å². The Bertz CT molecular complexity index is 913. The lowest BCUT2D eigenvalue weighted by molar-refractivity contribution is 0.0741. The number of nitrogens with zero attached hydrogens (tertiary/aromatic N) is 3. The summed E-state index contributed by atoms with van der Waals surface area (Å²) in [6, 6.07) is 12.0. The Kier molecular flexibility index (Phi) is 5.05. The van der Waals surface area contributed by atoms with Gasteiger partial charge in [0.15, 0.2) is 0 Å². The van der Waals surface area contributed by atoms with Crippen LogP contribution in [-0.2, 0) is 32.2 Å². The third-order valence-corrected chi connectivity index (χ3v) is 5.16. The van der Waals surface area contributed by atoms with Crippen LogP contribution in [0.15, 0.2) is 40.9 Å². The molecular formula is C21H24N4O2. The van der Waals surface area contributed by atoms with Crippen molar-refractivity contribution in [3.63, 3.8) is 0 Å². The molecule has 1 aromatic carbocycles. The van der Waals surface area contributed by atoms with Crippen LogP contribution in [0, 0.1) is 0 Å². The van der Waals surface area contributed by atoms with Crippen LogP contribution >= 0.6 is 0 Å². The van der Waals surface area contributed by atoms with E-state index in [1.54, 1.807) is 18.0 Å². The number of aryl methyl sites for hydroxylation is 3. The van der Waals surface area contributed by atoms with Gasteiger partial charge in [0.1, 0.15) is 0 Å². The van der Waals surface area contributed by atoms with E-state index in [-0.39, 0.29) is 11.7 Å². The van der Waals surface area contributed by atoms with Crippen molar-refractivity contribution in [2.75, 3.05) is 7.05 Å². The predicted molar refractivity (Wildman–Crippen MR) is 101 cm³/mol. The van der Waals surface area contributed by atoms with Gasteiger partial charge in [-0.25, -0.2) is 0 Å². The van der Waals surface area contributed by atoms with Crippen molar-refractivity contribution in [1.29, 1.82) is 0 Å². The van der Waals surface area contributed by atoms with Gasteiger partial charge in [0.2, 0.25) is 5.76 Å². The molecule has 6 heteroatoms. The van der Waals surface area contributed by atoms with Gasteiger partial charge in [0.25, 0.3) is 5.91 Å². The van der Waals surface area contributed by atoms with Crippen molar-refractivity contribution in [3.8, 4) is 0 Å². The molecule has 0 saturated carbocycles. The first kappa shape index (κ1) is 17.5. The molecule has 27 heavy (non-hydrogen) atoms. The molecule has 0 bridgehead atoms. The fourth-order valence-electron chi connectivity index (χ4n) is 3.61. The Morgan fingerprint density at radius 3 is 2.85 bits per heavy atom. The number of carbonyl (C=O) groups excluding carboxylic acids is 1. The summed E-state index contributed by atoms with van der Waals surface area (Å²) in [6.07, 6.45) is 6.09. The summed E-state index contributed by atoms with van der Waals surface area (Å²) in [7, 11) is 1.78. The van der Waals surface area contributed by atoms with Crippen molar-refractivity contribution in [2.45, 2.75) is 45.1 Å². The minimum Gasteiger partial charge on any atom is -0.351 e. The first-order valence-electron chi connectivity index (χ1n) is 9.50. The number of aromatic nitrogens is 3. The molecule has 1 aliphatic carbocycles. The van der Waals surface area contributed by atoms with Crippen LogP contribution < -0.4 is 0 Å². The normalized spacial score (nSPS) is 13.4. The zero-order valence-electron chi connectivity index (χ0n) is 15.6. The summed E-state index contributed by atoms with van der Waals surface area (Å²) < 4.78 is 5.30. The highest BCUT2D eigenvalue weighted by Gasteiger charge is 2.22. The average Bonchev–Trinajstić information content (AvgIpc) is 3.34. The number of amides is 1. The Labute approximate surface area is 158 Å². The highest BCUT2D eigenvalue weighted by molar-refractivity contribution is 5.91. The SMILES string of the molecule is CN(Cc1n[nH]c2c1CCCC2)C(=O)c1cc(CCc2ccccc2)no1. The summed E-state index contributed by atoms with van der Waals surface area (Å²) in [5.41, 5.74) is 5.51. The third kappa shape index (κ3) is 3.94. The minimum atomic E-state index is -0.166. The molecule has 6 nitrogen and oxygen atoms in total. The number of hydrogen-bond donors (Lipinski definition) is 1. The summed E-state index contributed by atoms with van der Waals surface area (Å²) in [5, 5.41) is 11.6. The predicted octanol–water partition coefficient (Wildman–Crippen LogP) is 3.33. The molecule has 4 rings (SSSR count). The van der Waals surface area contributed by atoms with E-state index < -0.39 is 0 Å². The fourth-order valence-corrected chi connectivity index (χ4v) is 3.61. The van der Waals surface area contributed by atoms with Gasteiger partial charge in [0, 0.05) is 18.8 Å². The molecule has 0 aliphatic heterocycles. The standard InChI is InChI=1S/C21H24N4O2/c1-25(14-19-17-9-5-6-10-18(17)22-23-19)21(26)20-13-16(24-27-20)12-11-15-7-3-2-4-8-15/h2-4,7-8,13H,5-6,9-12,14H2,1H3,(H,22,23). The third-order valence-electron chi connectivity index (χ3n) is 5.16. The van der Waals surface area contributed by atoms with E-state index in [1.807, 2.05) is 18.2 Å². The quantitative estimate of drug-likeness (QED) is 0.728. The number of nitrogens with one attached hydrogen (secondary N) is 1. The van der Waals surface area contributed by atoms with Crippen LogP contribution in [0.25, 0.3) is 0 Å². The maximum absolute atomic E-state index is 12.7. The highest BCUT2D eigenvalue weighted by atomic mass is 16.5. The van der Waals surface area contributed by atoms with Crippen LogP contribution in [0.1, 0.15) is 51.6 Å². The molecule has 0 atom stereocenters. The van der Waals surface area contributed by atoms with E-state index in [2.05, 4.69) is 27.5 Å². The van der Waals surface area contributed by atoms with Gasteiger partial charge in [-0.1, -0.05) is 35.5 Å². The number of rotatable bonds is 6. The van der Waals surface area contributed by atoms with E-state index >= 15 is 0 Å². The summed E-state index contributed by atoms with van der Waals surface area (Å²) in [5.74, 6) is 0.117. The fraction of sp³-hybridized carbons (Fsp3) is 0.381. The second-order valence-electron chi connectivity index (χ2n) is 7.16. The first-order valence-corrected chi connectivity index (χ1v) is 9.50. The lowest BCUT2D eigenvalue weighted by atomic mass is 9.96. The first-order chi connectivity index (χ1) is 13.2. The molecule has 1 N–H and O–H groups in total. The number of carbonyl (C=O) groups is 1. The molecule has 0 radical (unpaired) electrons. The lowest BCUT2D eigenvalue weighted by Gasteiger charge is -2.16. The molecule has 0 fully saturated rings. The van der Waals surface area contributed by atoms with Crippen LogP contribution in [0.5, 0.6) is 0 Å². The van der Waals surface area contributed by atoms with Gasteiger partial charge >= 0.3 is 0 Å². The van der Waals surface area contributed by atoms with Gasteiger partial charge in [-0.3, -0.25) is 9.89 Å². The molecule has 1 amide bonds. The number of aromatic amines is 1. The van der Waals surface area contributed by atoms with Crippen LogP contribution in [-0.4, -0.2) is 33.2 Å². The van der Waals surface area contributed by atoms with Crippen molar-refractivity contribution >= 4 is 5.91 Å². The van der Waals surface area contributed by atoms with E-state index in [4.69, 9.17) is 4.52 Å². The van der Waals surface area contributed by atoms with Crippen LogP contribution in [0.3, 0.4) is 0 Å². The summed E-state index contributed by atoms with van der Waals surface area (Å²) in [4.78, 5) is 14.3. The topological polar surface area (TPSA) is 75.0 Å². The molecule has 2 heterocycles. The molecule has 2 aromatic heterocycles. The average molecular weight is 364 g/mol. The minimum absolute atomic E-state index is 0.166. The smallest absolute Gasteiger partial charge is 0.292 e. The van der Waals surface area contributed by atoms with Crippen molar-refractivity contribution < 1.29 is 9.32 Å². The zero-order chi connectivity index (χ0) is 18.6. The van der Waals surface area contributed by atoms with Crippen LogP contribution in [0.4, 0.5) is 0 Å². The van der Waals surface area contributed by atoms with Gasteiger partial charge in [-0.2, -0.15) is 5.10 Å². The number of fused-ring (bicyclic) bond motifs is 1. The van der Waals surface area contributed by atoms with Crippen LogP contribution in [0.2, 0.25) is 0 Å².